The molecule has 0 spiro atoms. The summed E-state index contributed by atoms with van der Waals surface area (Å²) in [6.07, 6.45) is -0.814. The minimum Gasteiger partial charge on any atom is -0.386 e. The lowest BCUT2D eigenvalue weighted by Gasteiger charge is -2.10. The third kappa shape index (κ3) is 3.81. The minimum absolute atomic E-state index is 0.108. The summed E-state index contributed by atoms with van der Waals surface area (Å²) >= 11 is 0. The Bertz CT molecular complexity index is 239. The topological polar surface area (TPSA) is 69.9 Å². The number of hydrogen-bond donors (Lipinski definition) is 3. The first kappa shape index (κ1) is 10.6. The van der Waals surface area contributed by atoms with Gasteiger partial charge in [-0.3, -0.25) is 0 Å². The molecule has 4 nitrogen and oxygen atoms in total. The van der Waals surface area contributed by atoms with Crippen LogP contribution in [0.2, 0.25) is 0 Å². The van der Waals surface area contributed by atoms with E-state index in [1.807, 2.05) is 6.07 Å². The van der Waals surface area contributed by atoms with E-state index in [4.69, 9.17) is 9.79 Å². The Labute approximate surface area is 77.4 Å². The smallest absolute Gasteiger partial charge is 0.327 e. The first-order valence-corrected chi connectivity index (χ1v) is 4.90. The van der Waals surface area contributed by atoms with Crippen LogP contribution in [0, 0.1) is 0 Å². The van der Waals surface area contributed by atoms with Gasteiger partial charge in [-0.1, -0.05) is 30.3 Å². The van der Waals surface area contributed by atoms with E-state index in [1.54, 1.807) is 24.3 Å². The van der Waals surface area contributed by atoms with Gasteiger partial charge < -0.3 is 19.4 Å². The summed E-state index contributed by atoms with van der Waals surface area (Å²) in [5, 5.41) is 9.43. The summed E-state index contributed by atoms with van der Waals surface area (Å²) in [6, 6.07) is 8.90. The monoisotopic (exact) mass is 202 g/mol. The second kappa shape index (κ2) is 5.27. The summed E-state index contributed by atoms with van der Waals surface area (Å²) in [5.41, 5.74) is 0.694. The number of aliphatic hydroxyl groups excluding tert-OH is 1. The third-order valence-electron chi connectivity index (χ3n) is 1.53. The first-order valence-electron chi connectivity index (χ1n) is 3.74. The van der Waals surface area contributed by atoms with Crippen molar-refractivity contribution < 1.29 is 19.4 Å². The summed E-state index contributed by atoms with van der Waals surface area (Å²) in [5.74, 6) is 0. The highest BCUT2D eigenvalue weighted by Gasteiger charge is 2.09. The molecule has 0 aliphatic rings. The van der Waals surface area contributed by atoms with E-state index in [-0.39, 0.29) is 6.61 Å². The molecule has 0 aromatic heterocycles. The highest BCUT2D eigenvalue weighted by Crippen LogP contribution is 2.26. The molecular weight excluding hydrogens is 191 g/mol. The number of hydrogen-bond acceptors (Lipinski definition) is 4. The molecule has 13 heavy (non-hydrogen) atoms. The molecule has 0 aliphatic heterocycles. The molecule has 1 aromatic carbocycles. The third-order valence-corrected chi connectivity index (χ3v) is 1.91. The van der Waals surface area contributed by atoms with Gasteiger partial charge in [0.15, 0.2) is 0 Å². The van der Waals surface area contributed by atoms with Crippen LogP contribution in [0.3, 0.4) is 0 Å². The molecule has 0 amide bonds. The van der Waals surface area contributed by atoms with Gasteiger partial charge in [0.05, 0.1) is 6.61 Å². The van der Waals surface area contributed by atoms with E-state index in [0.29, 0.717) is 5.56 Å². The molecule has 0 saturated heterocycles. The van der Waals surface area contributed by atoms with Crippen molar-refractivity contribution in [3.8, 4) is 0 Å². The van der Waals surface area contributed by atoms with Gasteiger partial charge in [-0.15, -0.1) is 0 Å². The molecular formula is C8H11O4P. The van der Waals surface area contributed by atoms with Crippen molar-refractivity contribution in [3.63, 3.8) is 0 Å². The summed E-state index contributed by atoms with van der Waals surface area (Å²) in [4.78, 5) is 16.9. The van der Waals surface area contributed by atoms with Gasteiger partial charge in [0, 0.05) is 0 Å². The zero-order chi connectivity index (χ0) is 9.68. The van der Waals surface area contributed by atoms with Crippen molar-refractivity contribution in [2.45, 2.75) is 6.10 Å². The highest BCUT2D eigenvalue weighted by molar-refractivity contribution is 7.39. The molecule has 3 N–H and O–H groups in total. The van der Waals surface area contributed by atoms with Gasteiger partial charge in [-0.2, -0.15) is 0 Å². The Morgan fingerprint density at radius 3 is 2.38 bits per heavy atom. The highest BCUT2D eigenvalue weighted by atomic mass is 31.2. The molecule has 0 fully saturated rings. The molecule has 72 valence electrons. The van der Waals surface area contributed by atoms with E-state index >= 15 is 0 Å². The van der Waals surface area contributed by atoms with Crippen molar-refractivity contribution in [2.75, 3.05) is 6.61 Å². The van der Waals surface area contributed by atoms with Crippen LogP contribution in [0.5, 0.6) is 0 Å². The summed E-state index contributed by atoms with van der Waals surface area (Å²) in [7, 11) is -2.38. The first-order chi connectivity index (χ1) is 6.20. The zero-order valence-electron chi connectivity index (χ0n) is 6.87. The Hall–Kier alpha value is -0.510. The molecule has 1 atom stereocenters. The van der Waals surface area contributed by atoms with E-state index in [2.05, 4.69) is 4.52 Å². The number of benzene rings is 1. The Balaban J connectivity index is 2.44. The fraction of sp³-hybridized carbons (Fsp3) is 0.250. The normalized spacial score (nSPS) is 13.2. The zero-order valence-corrected chi connectivity index (χ0v) is 7.76. The van der Waals surface area contributed by atoms with Crippen LogP contribution in [-0.4, -0.2) is 21.5 Å². The molecule has 1 unspecified atom stereocenters. The SMILES string of the molecule is OC(COP(O)O)c1ccccc1. The van der Waals surface area contributed by atoms with Crippen molar-refractivity contribution >= 4 is 8.60 Å². The van der Waals surface area contributed by atoms with Crippen molar-refractivity contribution in [1.29, 1.82) is 0 Å². The molecule has 1 aromatic rings. The van der Waals surface area contributed by atoms with Crippen molar-refractivity contribution in [1.82, 2.24) is 0 Å². The van der Waals surface area contributed by atoms with E-state index < -0.39 is 14.7 Å². The maximum Gasteiger partial charge on any atom is 0.327 e. The van der Waals surface area contributed by atoms with E-state index in [9.17, 15) is 5.11 Å². The number of aliphatic hydroxyl groups is 1. The van der Waals surface area contributed by atoms with Crippen LogP contribution < -0.4 is 0 Å². The maximum absolute atomic E-state index is 9.43. The standard InChI is InChI=1S/C8H11O4P/c9-8(6-12-13(10)11)7-4-2-1-3-5-7/h1-5,8-11H,6H2. The van der Waals surface area contributed by atoms with Crippen LogP contribution in [0.1, 0.15) is 11.7 Å². The van der Waals surface area contributed by atoms with Gasteiger partial charge in [0.1, 0.15) is 6.10 Å². The summed E-state index contributed by atoms with van der Waals surface area (Å²) < 4.78 is 4.48. The van der Waals surface area contributed by atoms with Gasteiger partial charge in [0.2, 0.25) is 0 Å². The quantitative estimate of drug-likeness (QED) is 0.635. The predicted octanol–water partition coefficient (Wildman–Crippen LogP) is 0.948. The van der Waals surface area contributed by atoms with Gasteiger partial charge in [-0.05, 0) is 5.56 Å². The largest absolute Gasteiger partial charge is 0.386 e. The van der Waals surface area contributed by atoms with Crippen LogP contribution in [-0.2, 0) is 4.52 Å². The lowest BCUT2D eigenvalue weighted by Crippen LogP contribution is -2.04. The predicted molar refractivity (Wildman–Crippen MR) is 48.7 cm³/mol. The van der Waals surface area contributed by atoms with Gasteiger partial charge >= 0.3 is 8.60 Å². The van der Waals surface area contributed by atoms with Gasteiger partial charge in [0.25, 0.3) is 0 Å². The molecule has 5 heteroatoms. The second-order valence-corrected chi connectivity index (χ2v) is 3.24. The molecule has 0 radical (unpaired) electrons. The fourth-order valence-electron chi connectivity index (χ4n) is 0.909. The molecule has 0 bridgehead atoms. The molecule has 0 saturated carbocycles. The average molecular weight is 202 g/mol. The number of rotatable bonds is 4. The lowest BCUT2D eigenvalue weighted by molar-refractivity contribution is 0.0992. The average Bonchev–Trinajstić information content (AvgIpc) is 2.15. The summed E-state index contributed by atoms with van der Waals surface area (Å²) in [6.45, 7) is -0.108. The van der Waals surface area contributed by atoms with E-state index in [0.717, 1.165) is 0 Å². The maximum atomic E-state index is 9.43. The molecule has 0 aliphatic carbocycles. The van der Waals surface area contributed by atoms with E-state index in [1.165, 1.54) is 0 Å². The van der Waals surface area contributed by atoms with Crippen LogP contribution in [0.15, 0.2) is 30.3 Å². The van der Waals surface area contributed by atoms with Crippen LogP contribution in [0.4, 0.5) is 0 Å². The minimum atomic E-state index is -2.38. The lowest BCUT2D eigenvalue weighted by atomic mass is 10.1. The Morgan fingerprint density at radius 1 is 1.23 bits per heavy atom. The molecule has 0 heterocycles. The fourth-order valence-corrected chi connectivity index (χ4v) is 1.18. The van der Waals surface area contributed by atoms with Crippen molar-refractivity contribution in [2.24, 2.45) is 0 Å². The van der Waals surface area contributed by atoms with Gasteiger partial charge in [-0.25, -0.2) is 0 Å². The second-order valence-electron chi connectivity index (χ2n) is 2.47. The van der Waals surface area contributed by atoms with Crippen LogP contribution in [0.25, 0.3) is 0 Å². The molecule has 1 rings (SSSR count). The Kier molecular flexibility index (Phi) is 4.28. The Morgan fingerprint density at radius 2 is 1.85 bits per heavy atom. The van der Waals surface area contributed by atoms with Crippen molar-refractivity contribution in [3.05, 3.63) is 35.9 Å². The van der Waals surface area contributed by atoms with Crippen LogP contribution >= 0.6 is 8.60 Å².